The van der Waals surface area contributed by atoms with E-state index in [1.807, 2.05) is 11.8 Å². The molecule has 0 saturated heterocycles. The second kappa shape index (κ2) is 5.75. The molecule has 5 nitrogen and oxygen atoms in total. The smallest absolute Gasteiger partial charge is 0.276 e. The summed E-state index contributed by atoms with van der Waals surface area (Å²) in [6, 6.07) is 3.00. The lowest BCUT2D eigenvalue weighted by Gasteiger charge is -2.19. The van der Waals surface area contributed by atoms with Crippen LogP contribution in [-0.4, -0.2) is 27.5 Å². The van der Waals surface area contributed by atoms with E-state index < -0.39 is 4.92 Å². The molecule has 1 heterocycles. The van der Waals surface area contributed by atoms with Gasteiger partial charge in [0, 0.05) is 11.3 Å². The van der Waals surface area contributed by atoms with E-state index in [2.05, 4.69) is 16.6 Å². The van der Waals surface area contributed by atoms with Crippen molar-refractivity contribution in [2.24, 2.45) is 0 Å². The summed E-state index contributed by atoms with van der Waals surface area (Å²) in [5.74, 6) is 0.486. The predicted octanol–water partition coefficient (Wildman–Crippen LogP) is 3.34. The fourth-order valence-electron chi connectivity index (χ4n) is 2.23. The van der Waals surface area contributed by atoms with Gasteiger partial charge in [0.25, 0.3) is 5.69 Å². The molecule has 1 fully saturated rings. The van der Waals surface area contributed by atoms with Crippen LogP contribution >= 0.6 is 23.4 Å². The minimum Gasteiger partial charge on any atom is -0.366 e. The first kappa shape index (κ1) is 13.4. The number of nitro groups is 1. The highest BCUT2D eigenvalue weighted by Crippen LogP contribution is 2.31. The van der Waals surface area contributed by atoms with Crippen LogP contribution in [0.15, 0.2) is 12.1 Å². The van der Waals surface area contributed by atoms with Gasteiger partial charge in [0.05, 0.1) is 17.1 Å². The molecule has 0 amide bonds. The van der Waals surface area contributed by atoms with E-state index in [0.29, 0.717) is 17.1 Å². The molecular weight excluding hydrogens is 274 g/mol. The second-order valence-electron chi connectivity index (χ2n) is 4.25. The zero-order valence-electron chi connectivity index (χ0n) is 9.93. The van der Waals surface area contributed by atoms with Gasteiger partial charge < -0.3 is 5.32 Å². The van der Waals surface area contributed by atoms with Crippen molar-refractivity contribution in [1.29, 1.82) is 0 Å². The summed E-state index contributed by atoms with van der Waals surface area (Å²) in [6.45, 7) is 0. The van der Waals surface area contributed by atoms with Crippen LogP contribution in [0.25, 0.3) is 0 Å². The number of anilines is 1. The summed E-state index contributed by atoms with van der Waals surface area (Å²) >= 11 is 7.61. The van der Waals surface area contributed by atoms with E-state index in [-0.39, 0.29) is 10.8 Å². The molecule has 18 heavy (non-hydrogen) atoms. The zero-order valence-corrected chi connectivity index (χ0v) is 11.5. The monoisotopic (exact) mass is 287 g/mol. The molecule has 1 aromatic heterocycles. The third-order valence-corrected chi connectivity index (χ3v) is 4.44. The Labute approximate surface area is 114 Å². The van der Waals surface area contributed by atoms with Gasteiger partial charge in [-0.15, -0.1) is 0 Å². The Morgan fingerprint density at radius 2 is 2.33 bits per heavy atom. The maximum Gasteiger partial charge on any atom is 0.276 e. The Morgan fingerprint density at radius 3 is 3.00 bits per heavy atom. The van der Waals surface area contributed by atoms with Gasteiger partial charge in [-0.3, -0.25) is 10.1 Å². The van der Waals surface area contributed by atoms with Crippen LogP contribution in [0.5, 0.6) is 0 Å². The van der Waals surface area contributed by atoms with Crippen LogP contribution in [0, 0.1) is 10.1 Å². The number of hydrogen-bond acceptors (Lipinski definition) is 5. The average Bonchev–Trinajstić information content (AvgIpc) is 2.75. The predicted molar refractivity (Wildman–Crippen MR) is 74.5 cm³/mol. The Balaban J connectivity index is 2.16. The molecule has 7 heteroatoms. The van der Waals surface area contributed by atoms with Crippen LogP contribution in [0.1, 0.15) is 19.3 Å². The Kier molecular flexibility index (Phi) is 4.29. The van der Waals surface area contributed by atoms with E-state index in [1.165, 1.54) is 25.0 Å². The summed E-state index contributed by atoms with van der Waals surface area (Å²) in [4.78, 5) is 14.4. The van der Waals surface area contributed by atoms with Gasteiger partial charge >= 0.3 is 0 Å². The normalized spacial score (nSPS) is 23.0. The summed E-state index contributed by atoms with van der Waals surface area (Å²) in [6.07, 6.45) is 5.49. The number of thioether (sulfide) groups is 1. The Morgan fingerprint density at radius 1 is 1.56 bits per heavy atom. The molecule has 1 aliphatic rings. The topological polar surface area (TPSA) is 68.1 Å². The SMILES string of the molecule is CSC1CCCC1Nc1cc([N+](=O)[O-])cc(Cl)n1. The lowest BCUT2D eigenvalue weighted by atomic mass is 10.2. The van der Waals surface area contributed by atoms with Gasteiger partial charge in [0.2, 0.25) is 0 Å². The van der Waals surface area contributed by atoms with Crippen molar-refractivity contribution in [2.75, 3.05) is 11.6 Å². The summed E-state index contributed by atoms with van der Waals surface area (Å²) < 4.78 is 0. The number of nitrogens with zero attached hydrogens (tertiary/aromatic N) is 2. The van der Waals surface area contributed by atoms with Gasteiger partial charge in [0.1, 0.15) is 11.0 Å². The number of hydrogen-bond donors (Lipinski definition) is 1. The molecule has 2 atom stereocenters. The fraction of sp³-hybridized carbons (Fsp3) is 0.545. The van der Waals surface area contributed by atoms with Gasteiger partial charge in [-0.25, -0.2) is 4.98 Å². The number of halogens is 1. The molecule has 0 bridgehead atoms. The van der Waals surface area contributed by atoms with Crippen molar-refractivity contribution in [3.63, 3.8) is 0 Å². The van der Waals surface area contributed by atoms with Gasteiger partial charge in [-0.05, 0) is 19.1 Å². The number of aromatic nitrogens is 1. The molecule has 0 radical (unpaired) electrons. The van der Waals surface area contributed by atoms with Crippen LogP contribution in [0.2, 0.25) is 5.15 Å². The molecule has 0 spiro atoms. The van der Waals surface area contributed by atoms with Crippen LogP contribution in [0.3, 0.4) is 0 Å². The molecule has 2 rings (SSSR count). The van der Waals surface area contributed by atoms with Gasteiger partial charge in [0.15, 0.2) is 0 Å². The van der Waals surface area contributed by atoms with Crippen LogP contribution in [-0.2, 0) is 0 Å². The maximum absolute atomic E-state index is 10.8. The van der Waals surface area contributed by atoms with Crippen LogP contribution < -0.4 is 5.32 Å². The average molecular weight is 288 g/mol. The van der Waals surface area contributed by atoms with Crippen molar-refractivity contribution in [1.82, 2.24) is 4.98 Å². The molecule has 1 N–H and O–H groups in total. The maximum atomic E-state index is 10.8. The van der Waals surface area contributed by atoms with E-state index in [0.717, 1.165) is 6.42 Å². The van der Waals surface area contributed by atoms with Gasteiger partial charge in [-0.1, -0.05) is 18.0 Å². The standard InChI is InChI=1S/C11H14ClN3O2S/c1-18-9-4-2-3-8(9)13-11-6-7(15(16)17)5-10(12)14-11/h5-6,8-9H,2-4H2,1H3,(H,13,14). The number of nitrogens with one attached hydrogen (secondary N) is 1. The molecule has 0 aliphatic heterocycles. The van der Waals surface area contributed by atoms with Crippen molar-refractivity contribution >= 4 is 34.9 Å². The lowest BCUT2D eigenvalue weighted by molar-refractivity contribution is -0.384. The summed E-state index contributed by atoms with van der Waals surface area (Å²) in [7, 11) is 0. The molecule has 2 unspecified atom stereocenters. The minimum absolute atomic E-state index is 0.0313. The lowest BCUT2D eigenvalue weighted by Crippen LogP contribution is -2.26. The largest absolute Gasteiger partial charge is 0.366 e. The molecule has 1 saturated carbocycles. The highest BCUT2D eigenvalue weighted by molar-refractivity contribution is 7.99. The first-order chi connectivity index (χ1) is 8.60. The van der Waals surface area contributed by atoms with E-state index >= 15 is 0 Å². The van der Waals surface area contributed by atoms with Crippen molar-refractivity contribution in [2.45, 2.75) is 30.6 Å². The molecule has 98 valence electrons. The molecule has 1 aliphatic carbocycles. The highest BCUT2D eigenvalue weighted by Gasteiger charge is 2.27. The number of rotatable bonds is 4. The van der Waals surface area contributed by atoms with E-state index in [1.54, 1.807) is 0 Å². The summed E-state index contributed by atoms with van der Waals surface area (Å²) in [5, 5.41) is 14.7. The first-order valence-corrected chi connectivity index (χ1v) is 7.38. The van der Waals surface area contributed by atoms with E-state index in [4.69, 9.17) is 11.6 Å². The third kappa shape index (κ3) is 3.05. The van der Waals surface area contributed by atoms with Crippen molar-refractivity contribution in [3.05, 3.63) is 27.4 Å². The minimum atomic E-state index is -0.459. The quantitative estimate of drug-likeness (QED) is 0.522. The highest BCUT2D eigenvalue weighted by atomic mass is 35.5. The Hall–Kier alpha value is -1.01. The molecule has 1 aromatic rings. The zero-order chi connectivity index (χ0) is 13.1. The Bertz CT molecular complexity index is 458. The number of pyridine rings is 1. The first-order valence-electron chi connectivity index (χ1n) is 5.71. The van der Waals surface area contributed by atoms with Crippen molar-refractivity contribution in [3.8, 4) is 0 Å². The van der Waals surface area contributed by atoms with Crippen molar-refractivity contribution < 1.29 is 4.92 Å². The summed E-state index contributed by atoms with van der Waals surface area (Å²) in [5.41, 5.74) is -0.0313. The van der Waals surface area contributed by atoms with E-state index in [9.17, 15) is 10.1 Å². The van der Waals surface area contributed by atoms with Gasteiger partial charge in [-0.2, -0.15) is 11.8 Å². The third-order valence-electron chi connectivity index (χ3n) is 3.08. The molecule has 0 aromatic carbocycles. The molecular formula is C11H14ClN3O2S. The second-order valence-corrected chi connectivity index (χ2v) is 5.71. The fourth-order valence-corrected chi connectivity index (χ4v) is 3.36. The van der Waals surface area contributed by atoms with Crippen LogP contribution in [0.4, 0.5) is 11.5 Å².